The topological polar surface area (TPSA) is 12.9 Å². The second kappa shape index (κ2) is 2.83. The molecule has 0 aliphatic heterocycles. The fourth-order valence-corrected chi connectivity index (χ4v) is 3.56. The van der Waals surface area contributed by atoms with Crippen LogP contribution in [0.15, 0.2) is 40.6 Å². The van der Waals surface area contributed by atoms with Crippen LogP contribution in [0.4, 0.5) is 0 Å². The van der Waals surface area contributed by atoms with E-state index in [2.05, 4.69) is 45.6 Å². The molecule has 1 nitrogen and oxygen atoms in total. The van der Waals surface area contributed by atoms with E-state index < -0.39 is 0 Å². The molecule has 0 saturated heterocycles. The van der Waals surface area contributed by atoms with Gasteiger partial charge in [-0.15, -0.1) is 0 Å². The number of fused-ring (bicyclic) bond motifs is 2. The first-order valence-electron chi connectivity index (χ1n) is 4.15. The van der Waals surface area contributed by atoms with Crippen molar-refractivity contribution in [3.05, 3.63) is 40.6 Å². The molecule has 0 spiro atoms. The molecule has 3 rings (SSSR count). The summed E-state index contributed by atoms with van der Waals surface area (Å²) in [4.78, 5) is 4.38. The van der Waals surface area contributed by atoms with Gasteiger partial charge in [0.1, 0.15) is 0 Å². The van der Waals surface area contributed by atoms with Crippen molar-refractivity contribution >= 4 is 40.1 Å². The number of aromatic nitrogens is 1. The van der Waals surface area contributed by atoms with Crippen LogP contribution < -0.4 is 0 Å². The fraction of sp³-hybridized carbons (Fsp3) is 0. The Labute approximate surface area is 85.6 Å². The third-order valence-corrected chi connectivity index (χ3v) is 4.46. The summed E-state index contributed by atoms with van der Waals surface area (Å²) in [6, 6.07) is 13.0. The molecule has 0 amide bonds. The molecule has 0 aliphatic carbocycles. The molecule has 2 aromatic carbocycles. The van der Waals surface area contributed by atoms with Gasteiger partial charge in [0.15, 0.2) is 0 Å². The fourth-order valence-electron chi connectivity index (χ4n) is 1.54. The Bertz CT molecular complexity index is 519. The molecule has 0 fully saturated rings. The first-order valence-corrected chi connectivity index (χ1v) is 6.66. The van der Waals surface area contributed by atoms with E-state index in [0.29, 0.717) is 0 Å². The summed E-state index contributed by atoms with van der Waals surface area (Å²) in [5, 5.41) is 2.64. The van der Waals surface area contributed by atoms with E-state index in [1.54, 1.807) is 0 Å². The van der Waals surface area contributed by atoms with E-state index in [0.717, 1.165) is 0 Å². The molecule has 0 aliphatic rings. The third-order valence-electron chi connectivity index (χ3n) is 2.20. The molecule has 1 aromatic heterocycles. The van der Waals surface area contributed by atoms with Gasteiger partial charge in [-0.2, -0.15) is 0 Å². The average Bonchev–Trinajstić information content (AvgIpc) is 2.61. The maximum absolute atomic E-state index is 4.38. The molecular formula is C11H7NTe. The van der Waals surface area contributed by atoms with E-state index in [4.69, 9.17) is 0 Å². The number of benzene rings is 2. The number of hydrogen-bond acceptors (Lipinski definition) is 1. The summed E-state index contributed by atoms with van der Waals surface area (Å²) in [5.74, 6) is 0. The van der Waals surface area contributed by atoms with Crippen LogP contribution in [0, 0.1) is 0 Å². The summed E-state index contributed by atoms with van der Waals surface area (Å²) in [6.45, 7) is 0. The van der Waals surface area contributed by atoms with Gasteiger partial charge in [-0.3, -0.25) is 0 Å². The molecule has 62 valence electrons. The first-order chi connectivity index (χ1) is 6.43. The number of rotatable bonds is 0. The Kier molecular flexibility index (Phi) is 1.65. The monoisotopic (exact) mass is 283 g/mol. The van der Waals surface area contributed by atoms with Crippen molar-refractivity contribution in [1.82, 2.24) is 4.98 Å². The molecule has 0 unspecified atom stereocenters. The van der Waals surface area contributed by atoms with E-state index in [1.165, 1.54) is 19.7 Å². The van der Waals surface area contributed by atoms with Crippen molar-refractivity contribution in [3.8, 4) is 0 Å². The zero-order valence-corrected chi connectivity index (χ0v) is 9.23. The predicted molar refractivity (Wildman–Crippen MR) is 56.2 cm³/mol. The third kappa shape index (κ3) is 1.18. The summed E-state index contributed by atoms with van der Waals surface area (Å²) in [6.07, 6.45) is 0. The SMILES string of the molecule is c1ccc2cc3[te]cnc3cc2c1. The summed E-state index contributed by atoms with van der Waals surface area (Å²) in [5.41, 5.74) is 1.20. The van der Waals surface area contributed by atoms with Gasteiger partial charge in [-0.25, -0.2) is 0 Å². The Morgan fingerprint density at radius 2 is 1.77 bits per heavy atom. The molecule has 0 radical (unpaired) electrons. The van der Waals surface area contributed by atoms with Crippen molar-refractivity contribution < 1.29 is 0 Å². The molecule has 1 heterocycles. The van der Waals surface area contributed by atoms with Gasteiger partial charge in [-0.05, 0) is 0 Å². The molecule has 0 atom stereocenters. The van der Waals surface area contributed by atoms with E-state index in [9.17, 15) is 0 Å². The maximum atomic E-state index is 4.38. The van der Waals surface area contributed by atoms with Gasteiger partial charge in [0, 0.05) is 0 Å². The summed E-state index contributed by atoms with van der Waals surface area (Å²) < 4.78 is 3.58. The Hall–Kier alpha value is -0.840. The molecule has 2 heteroatoms. The molecule has 3 aromatic rings. The van der Waals surface area contributed by atoms with Crippen LogP contribution in [0.5, 0.6) is 0 Å². The molecule has 13 heavy (non-hydrogen) atoms. The Balaban J connectivity index is 2.57. The van der Waals surface area contributed by atoms with Crippen molar-refractivity contribution in [2.24, 2.45) is 0 Å². The quantitative estimate of drug-likeness (QED) is 0.577. The summed E-state index contributed by atoms with van der Waals surface area (Å²) in [7, 11) is 0. The molecule has 0 bridgehead atoms. The van der Waals surface area contributed by atoms with Crippen LogP contribution in [0.25, 0.3) is 19.7 Å². The zero-order chi connectivity index (χ0) is 8.67. The van der Waals surface area contributed by atoms with Crippen LogP contribution >= 0.6 is 0 Å². The number of hydrogen-bond donors (Lipinski definition) is 0. The standard InChI is InChI=1S/C11H7NTe/c1-2-4-9-6-11-10(12-7-13-11)5-8(9)3-1/h1-7H. The first kappa shape index (κ1) is 7.55. The van der Waals surface area contributed by atoms with Crippen LogP contribution in [0.3, 0.4) is 0 Å². The van der Waals surface area contributed by atoms with Gasteiger partial charge < -0.3 is 0 Å². The Morgan fingerprint density at radius 3 is 2.62 bits per heavy atom. The van der Waals surface area contributed by atoms with E-state index in [1.807, 2.05) is 0 Å². The van der Waals surface area contributed by atoms with E-state index in [-0.39, 0.29) is 20.4 Å². The minimum absolute atomic E-state index is 0.113. The van der Waals surface area contributed by atoms with Crippen molar-refractivity contribution in [2.75, 3.05) is 0 Å². The molecule has 0 N–H and O–H groups in total. The second-order valence-electron chi connectivity index (χ2n) is 3.02. The van der Waals surface area contributed by atoms with Crippen LogP contribution in [-0.2, 0) is 0 Å². The normalized spacial score (nSPS) is 11.1. The zero-order valence-electron chi connectivity index (χ0n) is 6.90. The van der Waals surface area contributed by atoms with Gasteiger partial charge in [0.25, 0.3) is 0 Å². The van der Waals surface area contributed by atoms with Crippen LogP contribution in [0.2, 0.25) is 0 Å². The Morgan fingerprint density at radius 1 is 1.00 bits per heavy atom. The predicted octanol–water partition coefficient (Wildman–Crippen LogP) is 2.45. The second-order valence-corrected chi connectivity index (χ2v) is 5.55. The van der Waals surface area contributed by atoms with Crippen LogP contribution in [0.1, 0.15) is 0 Å². The van der Waals surface area contributed by atoms with Crippen molar-refractivity contribution in [2.45, 2.75) is 0 Å². The minimum atomic E-state index is -0.113. The molecular weight excluding hydrogens is 274 g/mol. The van der Waals surface area contributed by atoms with Crippen LogP contribution in [-0.4, -0.2) is 25.4 Å². The number of nitrogens with zero attached hydrogens (tertiary/aromatic N) is 1. The average molecular weight is 281 g/mol. The molecule has 0 saturated carbocycles. The van der Waals surface area contributed by atoms with Crippen molar-refractivity contribution in [1.29, 1.82) is 0 Å². The van der Waals surface area contributed by atoms with E-state index >= 15 is 0 Å². The van der Waals surface area contributed by atoms with Gasteiger partial charge in [0.05, 0.1) is 0 Å². The van der Waals surface area contributed by atoms with Crippen molar-refractivity contribution in [3.63, 3.8) is 0 Å². The van der Waals surface area contributed by atoms with Gasteiger partial charge in [-0.1, -0.05) is 0 Å². The van der Waals surface area contributed by atoms with Gasteiger partial charge >= 0.3 is 85.7 Å². The summed E-state index contributed by atoms with van der Waals surface area (Å²) >= 11 is -0.113. The van der Waals surface area contributed by atoms with Gasteiger partial charge in [0.2, 0.25) is 0 Å².